The van der Waals surface area contributed by atoms with Crippen LogP contribution in [0.5, 0.6) is 0 Å². The first kappa shape index (κ1) is 20.0. The van der Waals surface area contributed by atoms with E-state index in [0.717, 1.165) is 0 Å². The maximum absolute atomic E-state index is 12.8. The van der Waals surface area contributed by atoms with Crippen molar-refractivity contribution in [2.45, 2.75) is 26.4 Å². The Labute approximate surface area is 157 Å². The van der Waals surface area contributed by atoms with Gasteiger partial charge in [0, 0.05) is 18.2 Å². The molecule has 7 heteroatoms. The van der Waals surface area contributed by atoms with Gasteiger partial charge in [0.1, 0.15) is 5.60 Å². The lowest BCUT2D eigenvalue weighted by Gasteiger charge is -2.25. The minimum Gasteiger partial charge on any atom is -0.478 e. The van der Waals surface area contributed by atoms with Gasteiger partial charge in [-0.15, -0.1) is 0 Å². The Morgan fingerprint density at radius 1 is 1.04 bits per heavy atom. The summed E-state index contributed by atoms with van der Waals surface area (Å²) in [6, 6.07) is 10.4. The number of hydrogen-bond donors (Lipinski definition) is 2. The van der Waals surface area contributed by atoms with E-state index in [1.165, 1.54) is 42.3 Å². The van der Waals surface area contributed by atoms with Gasteiger partial charge in [-0.3, -0.25) is 9.69 Å². The first-order valence-corrected chi connectivity index (χ1v) is 8.24. The summed E-state index contributed by atoms with van der Waals surface area (Å²) < 4.78 is 5.31. The van der Waals surface area contributed by atoms with Gasteiger partial charge in [0.25, 0.3) is 0 Å². The molecule has 0 radical (unpaired) electrons. The molecule has 0 aliphatic carbocycles. The van der Waals surface area contributed by atoms with E-state index in [2.05, 4.69) is 0 Å². The van der Waals surface area contributed by atoms with Crippen LogP contribution in [-0.2, 0) is 4.74 Å². The second-order valence-electron chi connectivity index (χ2n) is 6.99. The summed E-state index contributed by atoms with van der Waals surface area (Å²) in [5, 5.41) is 9.29. The quantitative estimate of drug-likeness (QED) is 0.629. The lowest BCUT2D eigenvalue weighted by molar-refractivity contribution is 0.0588. The Hall–Kier alpha value is -3.35. The van der Waals surface area contributed by atoms with E-state index in [1.807, 2.05) is 0 Å². The molecule has 0 unspecified atom stereocenters. The molecule has 0 saturated heterocycles. The number of carbonyl (C=O) groups excluding carboxylic acids is 2. The fourth-order valence-corrected chi connectivity index (χ4v) is 2.43. The SMILES string of the molecule is CN(C(=O)OC(C)(C)C)c1cc(C(=O)c2ccccc2C(=O)O)ccc1N. The van der Waals surface area contributed by atoms with Crippen LogP contribution in [0.3, 0.4) is 0 Å². The van der Waals surface area contributed by atoms with Gasteiger partial charge in [-0.25, -0.2) is 9.59 Å². The molecular formula is C20H22N2O5. The molecular weight excluding hydrogens is 348 g/mol. The molecule has 2 rings (SSSR count). The Morgan fingerprint density at radius 3 is 2.19 bits per heavy atom. The van der Waals surface area contributed by atoms with Crippen molar-refractivity contribution in [3.05, 3.63) is 59.2 Å². The standard InChI is InChI=1S/C20H22N2O5/c1-20(2,3)27-19(26)22(4)16-11-12(9-10-15(16)21)17(23)13-7-5-6-8-14(13)18(24)25/h5-11H,21H2,1-4H3,(H,24,25). The van der Waals surface area contributed by atoms with Crippen molar-refractivity contribution in [3.8, 4) is 0 Å². The van der Waals surface area contributed by atoms with Gasteiger partial charge in [-0.1, -0.05) is 18.2 Å². The lowest BCUT2D eigenvalue weighted by atomic mass is 9.97. The largest absolute Gasteiger partial charge is 0.478 e. The van der Waals surface area contributed by atoms with Crippen molar-refractivity contribution in [1.82, 2.24) is 0 Å². The van der Waals surface area contributed by atoms with Gasteiger partial charge in [0.2, 0.25) is 0 Å². The van der Waals surface area contributed by atoms with Gasteiger partial charge in [-0.2, -0.15) is 0 Å². The number of nitrogens with zero attached hydrogens (tertiary/aromatic N) is 1. The monoisotopic (exact) mass is 370 g/mol. The molecule has 0 bridgehead atoms. The molecule has 2 aromatic rings. The molecule has 0 aliphatic heterocycles. The Morgan fingerprint density at radius 2 is 1.63 bits per heavy atom. The number of anilines is 2. The molecule has 0 aromatic heterocycles. The smallest absolute Gasteiger partial charge is 0.414 e. The number of nitrogens with two attached hydrogens (primary N) is 1. The van der Waals surface area contributed by atoms with E-state index in [-0.39, 0.29) is 22.4 Å². The highest BCUT2D eigenvalue weighted by Gasteiger charge is 2.23. The highest BCUT2D eigenvalue weighted by Crippen LogP contribution is 2.27. The number of carboxylic acids is 1. The number of nitrogen functional groups attached to an aromatic ring is 1. The van der Waals surface area contributed by atoms with Crippen molar-refractivity contribution in [3.63, 3.8) is 0 Å². The summed E-state index contributed by atoms with van der Waals surface area (Å²) >= 11 is 0. The summed E-state index contributed by atoms with van der Waals surface area (Å²) in [4.78, 5) is 37.7. The molecule has 142 valence electrons. The minimum absolute atomic E-state index is 0.0562. The van der Waals surface area contributed by atoms with Crippen LogP contribution >= 0.6 is 0 Å². The molecule has 0 saturated carbocycles. The molecule has 0 atom stereocenters. The molecule has 0 aliphatic rings. The van der Waals surface area contributed by atoms with Crippen molar-refractivity contribution in [2.75, 3.05) is 17.7 Å². The van der Waals surface area contributed by atoms with E-state index >= 15 is 0 Å². The second kappa shape index (κ2) is 7.49. The van der Waals surface area contributed by atoms with E-state index in [9.17, 15) is 19.5 Å². The number of benzene rings is 2. The van der Waals surface area contributed by atoms with Crippen LogP contribution in [0.25, 0.3) is 0 Å². The number of hydrogen-bond acceptors (Lipinski definition) is 5. The third-order valence-electron chi connectivity index (χ3n) is 3.72. The number of ether oxygens (including phenoxy) is 1. The number of aromatic carboxylic acids is 1. The van der Waals surface area contributed by atoms with E-state index in [4.69, 9.17) is 10.5 Å². The molecule has 2 aromatic carbocycles. The van der Waals surface area contributed by atoms with Crippen LogP contribution in [0.4, 0.5) is 16.2 Å². The van der Waals surface area contributed by atoms with Gasteiger partial charge < -0.3 is 15.6 Å². The van der Waals surface area contributed by atoms with Gasteiger partial charge in [-0.05, 0) is 45.0 Å². The van der Waals surface area contributed by atoms with Crippen LogP contribution in [0.15, 0.2) is 42.5 Å². The van der Waals surface area contributed by atoms with Crippen LogP contribution in [-0.4, -0.2) is 35.6 Å². The molecule has 3 N–H and O–H groups in total. The average molecular weight is 370 g/mol. The van der Waals surface area contributed by atoms with Crippen molar-refractivity contribution < 1.29 is 24.2 Å². The molecule has 1 amide bonds. The maximum atomic E-state index is 12.8. The normalized spacial score (nSPS) is 11.0. The molecule has 7 nitrogen and oxygen atoms in total. The number of rotatable bonds is 4. The van der Waals surface area contributed by atoms with Gasteiger partial charge in [0.15, 0.2) is 5.78 Å². The second-order valence-corrected chi connectivity index (χ2v) is 6.99. The first-order valence-electron chi connectivity index (χ1n) is 8.24. The predicted octanol–water partition coefficient (Wildman–Crippen LogP) is 3.57. The van der Waals surface area contributed by atoms with Crippen molar-refractivity contribution >= 4 is 29.2 Å². The topological polar surface area (TPSA) is 110 Å². The lowest BCUT2D eigenvalue weighted by Crippen LogP contribution is -2.34. The van der Waals surface area contributed by atoms with Gasteiger partial charge >= 0.3 is 12.1 Å². The number of ketones is 1. The zero-order valence-corrected chi connectivity index (χ0v) is 15.6. The molecule has 0 heterocycles. The summed E-state index contributed by atoms with van der Waals surface area (Å²) in [7, 11) is 1.49. The Kier molecular flexibility index (Phi) is 5.54. The predicted molar refractivity (Wildman–Crippen MR) is 102 cm³/mol. The minimum atomic E-state index is -1.19. The van der Waals surface area contributed by atoms with Crippen LogP contribution in [0, 0.1) is 0 Å². The van der Waals surface area contributed by atoms with Crippen molar-refractivity contribution in [2.24, 2.45) is 0 Å². The number of carbonyl (C=O) groups is 3. The Bertz CT molecular complexity index is 899. The van der Waals surface area contributed by atoms with E-state index in [1.54, 1.807) is 32.9 Å². The van der Waals surface area contributed by atoms with Gasteiger partial charge in [0.05, 0.1) is 16.9 Å². The summed E-state index contributed by atoms with van der Waals surface area (Å²) in [5.41, 5.74) is 6.02. The van der Waals surface area contributed by atoms with E-state index in [0.29, 0.717) is 5.69 Å². The highest BCUT2D eigenvalue weighted by atomic mass is 16.6. The maximum Gasteiger partial charge on any atom is 0.414 e. The zero-order valence-electron chi connectivity index (χ0n) is 15.6. The molecule has 27 heavy (non-hydrogen) atoms. The molecule has 0 spiro atoms. The third kappa shape index (κ3) is 4.63. The van der Waals surface area contributed by atoms with Crippen LogP contribution < -0.4 is 10.6 Å². The third-order valence-corrected chi connectivity index (χ3v) is 3.72. The zero-order chi connectivity index (χ0) is 20.4. The van der Waals surface area contributed by atoms with E-state index < -0.39 is 23.4 Å². The summed E-state index contributed by atoms with van der Waals surface area (Å²) in [5.74, 6) is -1.67. The van der Waals surface area contributed by atoms with Crippen LogP contribution in [0.2, 0.25) is 0 Å². The average Bonchev–Trinajstić information content (AvgIpc) is 2.59. The summed E-state index contributed by atoms with van der Waals surface area (Å²) in [6.45, 7) is 5.22. The van der Waals surface area contributed by atoms with Crippen LogP contribution in [0.1, 0.15) is 47.1 Å². The first-order chi connectivity index (χ1) is 12.5. The highest BCUT2D eigenvalue weighted by molar-refractivity contribution is 6.15. The number of carboxylic acid groups (broad SMARTS) is 1. The molecule has 0 fully saturated rings. The fourth-order valence-electron chi connectivity index (χ4n) is 2.43. The summed E-state index contributed by atoms with van der Waals surface area (Å²) in [6.07, 6.45) is -0.621. The van der Waals surface area contributed by atoms with Crippen molar-refractivity contribution in [1.29, 1.82) is 0 Å². The number of amides is 1. The Balaban J connectivity index is 2.42. The fraction of sp³-hybridized carbons (Fsp3) is 0.250.